The maximum absolute atomic E-state index is 12.3. The second-order valence-corrected chi connectivity index (χ2v) is 8.46. The van der Waals surface area contributed by atoms with Crippen LogP contribution in [0.15, 0.2) is 18.2 Å². The molecule has 0 radical (unpaired) electrons. The van der Waals surface area contributed by atoms with Crippen LogP contribution >= 0.6 is 0 Å². The summed E-state index contributed by atoms with van der Waals surface area (Å²) in [6.45, 7) is 0.347. The number of nitrogens with zero attached hydrogens (tertiary/aromatic N) is 1. The first-order chi connectivity index (χ1) is 11.2. The van der Waals surface area contributed by atoms with Crippen LogP contribution in [0.5, 0.6) is 0 Å². The highest BCUT2D eigenvalue weighted by Crippen LogP contribution is 2.44. The zero-order valence-electron chi connectivity index (χ0n) is 13.4. The number of sulfonamides is 1. The maximum atomic E-state index is 12.3. The number of amides is 1. The van der Waals surface area contributed by atoms with Gasteiger partial charge in [-0.2, -0.15) is 0 Å². The quantitative estimate of drug-likeness (QED) is 0.837. The van der Waals surface area contributed by atoms with Crippen LogP contribution in [-0.2, 0) is 26.0 Å². The summed E-state index contributed by atoms with van der Waals surface area (Å²) in [4.78, 5) is 23.7. The highest BCUT2D eigenvalue weighted by atomic mass is 32.2. The minimum atomic E-state index is -3.35. The van der Waals surface area contributed by atoms with Gasteiger partial charge in [0.05, 0.1) is 17.4 Å². The van der Waals surface area contributed by atoms with E-state index in [1.54, 1.807) is 18.2 Å². The number of hydrogen-bond donors (Lipinski definition) is 2. The van der Waals surface area contributed by atoms with Gasteiger partial charge in [0, 0.05) is 24.2 Å². The lowest BCUT2D eigenvalue weighted by molar-refractivity contribution is -0.157. The standard InChI is InChI=1S/C16H20N2O5S/c1-24(22,23)18-9-6-11-12(4-2-5-13(11)18)17-14(19)10-16(15(20)21)7-3-8-16/h2,4-5H,3,6-10H2,1H3,(H,17,19)(H,20,21). The first-order valence-corrected chi connectivity index (χ1v) is 9.71. The van der Waals surface area contributed by atoms with E-state index >= 15 is 0 Å². The van der Waals surface area contributed by atoms with Crippen LogP contribution in [0, 0.1) is 5.41 Å². The predicted molar refractivity (Wildman–Crippen MR) is 89.5 cm³/mol. The van der Waals surface area contributed by atoms with E-state index in [2.05, 4.69) is 5.32 Å². The Balaban J connectivity index is 1.79. The fourth-order valence-electron chi connectivity index (χ4n) is 3.44. The number of carbonyl (C=O) groups is 2. The van der Waals surface area contributed by atoms with E-state index in [0.717, 1.165) is 18.2 Å². The Kier molecular flexibility index (Phi) is 4.03. The van der Waals surface area contributed by atoms with Crippen molar-refractivity contribution in [3.8, 4) is 0 Å². The van der Waals surface area contributed by atoms with Crippen molar-refractivity contribution in [1.82, 2.24) is 0 Å². The fourth-order valence-corrected chi connectivity index (χ4v) is 4.39. The molecule has 2 N–H and O–H groups in total. The van der Waals surface area contributed by atoms with Gasteiger partial charge >= 0.3 is 5.97 Å². The molecule has 3 rings (SSSR count). The third-order valence-electron chi connectivity index (χ3n) is 4.92. The number of nitrogens with one attached hydrogen (secondary N) is 1. The minimum absolute atomic E-state index is 0.0538. The topological polar surface area (TPSA) is 104 Å². The van der Waals surface area contributed by atoms with Crippen molar-refractivity contribution in [2.45, 2.75) is 32.1 Å². The van der Waals surface area contributed by atoms with Gasteiger partial charge in [0.1, 0.15) is 0 Å². The largest absolute Gasteiger partial charge is 0.481 e. The predicted octanol–water partition coefficient (Wildman–Crippen LogP) is 1.59. The van der Waals surface area contributed by atoms with Crippen molar-refractivity contribution in [2.75, 3.05) is 22.4 Å². The Labute approximate surface area is 140 Å². The molecule has 1 saturated carbocycles. The Hall–Kier alpha value is -2.09. The van der Waals surface area contributed by atoms with E-state index in [1.807, 2.05) is 0 Å². The monoisotopic (exact) mass is 352 g/mol. The molecule has 2 aliphatic rings. The van der Waals surface area contributed by atoms with Crippen LogP contribution in [0.4, 0.5) is 11.4 Å². The molecule has 1 heterocycles. The number of carbonyl (C=O) groups excluding carboxylic acids is 1. The molecule has 1 aliphatic heterocycles. The van der Waals surface area contributed by atoms with Crippen LogP contribution in [0.25, 0.3) is 0 Å². The summed E-state index contributed by atoms with van der Waals surface area (Å²) < 4.78 is 24.9. The molecule has 0 spiro atoms. The van der Waals surface area contributed by atoms with Crippen LogP contribution in [0.3, 0.4) is 0 Å². The highest BCUT2D eigenvalue weighted by Gasteiger charge is 2.46. The molecule has 0 saturated heterocycles. The summed E-state index contributed by atoms with van der Waals surface area (Å²) >= 11 is 0. The second-order valence-electron chi connectivity index (χ2n) is 6.55. The van der Waals surface area contributed by atoms with Crippen molar-refractivity contribution in [3.05, 3.63) is 23.8 Å². The molecule has 0 aromatic heterocycles. The molecule has 1 aromatic rings. The minimum Gasteiger partial charge on any atom is -0.481 e. The van der Waals surface area contributed by atoms with Crippen LogP contribution in [-0.4, -0.2) is 38.2 Å². The normalized spacial score (nSPS) is 18.6. The van der Waals surface area contributed by atoms with Crippen LogP contribution in [0.1, 0.15) is 31.2 Å². The lowest BCUT2D eigenvalue weighted by atomic mass is 9.66. The van der Waals surface area contributed by atoms with Gasteiger partial charge in [-0.1, -0.05) is 12.5 Å². The van der Waals surface area contributed by atoms with E-state index in [4.69, 9.17) is 0 Å². The lowest BCUT2D eigenvalue weighted by Gasteiger charge is -2.36. The van der Waals surface area contributed by atoms with Crippen molar-refractivity contribution < 1.29 is 23.1 Å². The van der Waals surface area contributed by atoms with E-state index in [0.29, 0.717) is 37.2 Å². The number of anilines is 2. The molecule has 0 bridgehead atoms. The van der Waals surface area contributed by atoms with E-state index in [-0.39, 0.29) is 12.3 Å². The summed E-state index contributed by atoms with van der Waals surface area (Å²) in [6, 6.07) is 5.12. The average Bonchev–Trinajstić information content (AvgIpc) is 2.87. The van der Waals surface area contributed by atoms with Gasteiger partial charge in [-0.25, -0.2) is 8.42 Å². The number of aliphatic carboxylic acids is 1. The summed E-state index contributed by atoms with van der Waals surface area (Å²) in [5, 5.41) is 12.1. The molecule has 130 valence electrons. The third kappa shape index (κ3) is 2.86. The molecule has 0 atom stereocenters. The lowest BCUT2D eigenvalue weighted by Crippen LogP contribution is -2.41. The Bertz CT molecular complexity index is 799. The number of hydrogen-bond acceptors (Lipinski definition) is 4. The molecule has 1 fully saturated rings. The zero-order valence-corrected chi connectivity index (χ0v) is 14.2. The summed E-state index contributed by atoms with van der Waals surface area (Å²) in [6.07, 6.45) is 3.48. The van der Waals surface area contributed by atoms with Gasteiger partial charge in [0.25, 0.3) is 0 Å². The summed E-state index contributed by atoms with van der Waals surface area (Å²) in [7, 11) is -3.35. The van der Waals surface area contributed by atoms with Crippen molar-refractivity contribution in [2.24, 2.45) is 5.41 Å². The summed E-state index contributed by atoms with van der Waals surface area (Å²) in [5.74, 6) is -1.27. The molecular weight excluding hydrogens is 332 g/mol. The Morgan fingerprint density at radius 1 is 1.33 bits per heavy atom. The number of fused-ring (bicyclic) bond motifs is 1. The molecular formula is C16H20N2O5S. The smallest absolute Gasteiger partial charge is 0.310 e. The van der Waals surface area contributed by atoms with Crippen LogP contribution in [0.2, 0.25) is 0 Å². The molecule has 24 heavy (non-hydrogen) atoms. The molecule has 1 aromatic carbocycles. The molecule has 7 nitrogen and oxygen atoms in total. The number of carboxylic acids is 1. The van der Waals surface area contributed by atoms with Gasteiger partial charge in [-0.15, -0.1) is 0 Å². The molecule has 0 unspecified atom stereocenters. The van der Waals surface area contributed by atoms with Gasteiger partial charge < -0.3 is 10.4 Å². The van der Waals surface area contributed by atoms with Crippen LogP contribution < -0.4 is 9.62 Å². The number of carboxylic acid groups (broad SMARTS) is 1. The van der Waals surface area contributed by atoms with Crippen molar-refractivity contribution >= 4 is 33.3 Å². The van der Waals surface area contributed by atoms with Gasteiger partial charge in [0.2, 0.25) is 15.9 Å². The SMILES string of the molecule is CS(=O)(=O)N1CCc2c(NC(=O)CC3(C(=O)O)CCC3)cccc21. The van der Waals surface area contributed by atoms with E-state index in [9.17, 15) is 23.1 Å². The molecule has 1 aliphatic carbocycles. The third-order valence-corrected chi connectivity index (χ3v) is 6.10. The first kappa shape index (κ1) is 16.8. The molecule has 1 amide bonds. The highest BCUT2D eigenvalue weighted by molar-refractivity contribution is 7.92. The number of benzene rings is 1. The van der Waals surface area contributed by atoms with Gasteiger partial charge in [-0.05, 0) is 31.4 Å². The Morgan fingerprint density at radius 2 is 2.04 bits per heavy atom. The second kappa shape index (κ2) is 5.77. The van der Waals surface area contributed by atoms with E-state index in [1.165, 1.54) is 4.31 Å². The maximum Gasteiger partial charge on any atom is 0.310 e. The average molecular weight is 352 g/mol. The van der Waals surface area contributed by atoms with Gasteiger partial charge in [0.15, 0.2) is 0 Å². The summed E-state index contributed by atoms with van der Waals surface area (Å²) in [5.41, 5.74) is 0.963. The zero-order chi connectivity index (χ0) is 17.5. The Morgan fingerprint density at radius 3 is 2.58 bits per heavy atom. The fraction of sp³-hybridized carbons (Fsp3) is 0.500. The van der Waals surface area contributed by atoms with Gasteiger partial charge in [-0.3, -0.25) is 13.9 Å². The van der Waals surface area contributed by atoms with E-state index < -0.39 is 21.4 Å². The first-order valence-electron chi connectivity index (χ1n) is 7.86. The van der Waals surface area contributed by atoms with Crippen molar-refractivity contribution in [1.29, 1.82) is 0 Å². The van der Waals surface area contributed by atoms with Crippen molar-refractivity contribution in [3.63, 3.8) is 0 Å². The molecule has 8 heteroatoms. The number of rotatable bonds is 5.